The predicted octanol–water partition coefficient (Wildman–Crippen LogP) is 4.75. The van der Waals surface area contributed by atoms with Gasteiger partial charge in [-0.05, 0) is 24.3 Å². The molecule has 32 heavy (non-hydrogen) atoms. The maximum absolute atomic E-state index is 13.1. The van der Waals surface area contributed by atoms with Crippen LogP contribution in [-0.4, -0.2) is 30.3 Å². The molecule has 4 aromatic heterocycles. The van der Waals surface area contributed by atoms with E-state index in [0.29, 0.717) is 11.1 Å². The molecule has 0 unspecified atom stereocenters. The lowest BCUT2D eigenvalue weighted by molar-refractivity contribution is -0.159. The van der Waals surface area contributed by atoms with E-state index >= 15 is 0 Å². The first-order chi connectivity index (χ1) is 15.1. The molecule has 0 aromatic carbocycles. The van der Waals surface area contributed by atoms with Gasteiger partial charge in [0.25, 0.3) is 0 Å². The Morgan fingerprint density at radius 1 is 1.00 bits per heavy atom. The molecular weight excluding hydrogens is 464 g/mol. The summed E-state index contributed by atoms with van der Waals surface area (Å²) in [4.78, 5) is 13.3. The van der Waals surface area contributed by atoms with Crippen LogP contribution < -0.4 is 4.90 Å². The molecule has 15 heteroatoms. The molecule has 4 aromatic rings. The standard InChI is InChI=1S/C17H9F6N7OS/c18-16(19,20)9-5-13(28-26-6-9)30(12-3-4-24-8-25-12)7-10-1-2-11(32-10)14-27-15(31-29-14)17(21,22)23/h1-6,8H,7H2. The van der Waals surface area contributed by atoms with E-state index in [2.05, 4.69) is 34.8 Å². The molecule has 0 amide bonds. The van der Waals surface area contributed by atoms with Gasteiger partial charge in [0.2, 0.25) is 5.82 Å². The molecule has 0 bridgehead atoms. The fraction of sp³-hybridized carbons (Fsp3) is 0.176. The molecule has 0 N–H and O–H groups in total. The summed E-state index contributed by atoms with van der Waals surface area (Å²) in [6.07, 6.45) is -6.21. The number of thiophene rings is 1. The number of hydrogen-bond acceptors (Lipinski definition) is 9. The highest BCUT2D eigenvalue weighted by Gasteiger charge is 2.38. The Morgan fingerprint density at radius 3 is 2.47 bits per heavy atom. The summed E-state index contributed by atoms with van der Waals surface area (Å²) in [5, 5.41) is 10.5. The molecule has 0 radical (unpaired) electrons. The van der Waals surface area contributed by atoms with Crippen molar-refractivity contribution in [1.82, 2.24) is 30.3 Å². The summed E-state index contributed by atoms with van der Waals surface area (Å²) >= 11 is 1.03. The second kappa shape index (κ2) is 8.14. The summed E-state index contributed by atoms with van der Waals surface area (Å²) in [5.41, 5.74) is -1.00. The van der Waals surface area contributed by atoms with Crippen molar-refractivity contribution in [2.24, 2.45) is 0 Å². The molecule has 0 saturated heterocycles. The van der Waals surface area contributed by atoms with Crippen LogP contribution in [0.15, 0.2) is 47.5 Å². The lowest BCUT2D eigenvalue weighted by Gasteiger charge is -2.22. The van der Waals surface area contributed by atoms with Gasteiger partial charge in [-0.3, -0.25) is 0 Å². The maximum Gasteiger partial charge on any atom is 0.471 e. The van der Waals surface area contributed by atoms with E-state index in [1.54, 1.807) is 6.07 Å². The fourth-order valence-corrected chi connectivity index (χ4v) is 3.47. The SMILES string of the molecule is FC(F)(F)c1cnnc(N(Cc2ccc(-c3noc(C(F)(F)F)n3)s2)c2ccncn2)c1. The summed E-state index contributed by atoms with van der Waals surface area (Å²) in [6, 6.07) is 5.32. The number of aromatic nitrogens is 6. The maximum atomic E-state index is 13.1. The van der Waals surface area contributed by atoms with Crippen molar-refractivity contribution < 1.29 is 30.9 Å². The number of hydrogen-bond donors (Lipinski definition) is 0. The molecule has 0 fully saturated rings. The Morgan fingerprint density at radius 2 is 1.81 bits per heavy atom. The van der Waals surface area contributed by atoms with E-state index in [0.717, 1.165) is 17.4 Å². The van der Waals surface area contributed by atoms with Gasteiger partial charge >= 0.3 is 18.2 Å². The number of anilines is 2. The van der Waals surface area contributed by atoms with Crippen molar-refractivity contribution in [3.63, 3.8) is 0 Å². The second-order valence-electron chi connectivity index (χ2n) is 6.14. The van der Waals surface area contributed by atoms with Gasteiger partial charge in [-0.25, -0.2) is 9.97 Å². The van der Waals surface area contributed by atoms with E-state index in [4.69, 9.17) is 0 Å². The highest BCUT2D eigenvalue weighted by Crippen LogP contribution is 2.35. The molecule has 4 heterocycles. The van der Waals surface area contributed by atoms with Crippen molar-refractivity contribution in [1.29, 1.82) is 0 Å². The van der Waals surface area contributed by atoms with Crippen LogP contribution in [0.1, 0.15) is 16.3 Å². The van der Waals surface area contributed by atoms with Gasteiger partial charge < -0.3 is 9.42 Å². The van der Waals surface area contributed by atoms with Crippen molar-refractivity contribution in [2.75, 3.05) is 4.90 Å². The Balaban J connectivity index is 1.66. The zero-order valence-electron chi connectivity index (χ0n) is 15.5. The summed E-state index contributed by atoms with van der Waals surface area (Å²) < 4.78 is 81.6. The van der Waals surface area contributed by atoms with Crippen molar-refractivity contribution >= 4 is 23.0 Å². The number of rotatable bonds is 5. The van der Waals surface area contributed by atoms with E-state index < -0.39 is 23.8 Å². The van der Waals surface area contributed by atoms with E-state index in [1.807, 2.05) is 0 Å². The van der Waals surface area contributed by atoms with Gasteiger partial charge in [0.15, 0.2) is 5.82 Å². The lowest BCUT2D eigenvalue weighted by Crippen LogP contribution is -2.20. The summed E-state index contributed by atoms with van der Waals surface area (Å²) in [5.74, 6) is -1.64. The first kappa shape index (κ1) is 21.6. The van der Waals surface area contributed by atoms with Crippen LogP contribution in [0.4, 0.5) is 38.0 Å². The molecule has 4 rings (SSSR count). The first-order valence-corrected chi connectivity index (χ1v) is 9.36. The normalized spacial score (nSPS) is 12.2. The van der Waals surface area contributed by atoms with Crippen LogP contribution in [0.3, 0.4) is 0 Å². The molecule has 0 aliphatic carbocycles. The van der Waals surface area contributed by atoms with Crippen molar-refractivity contribution in [3.05, 3.63) is 59.3 Å². The topological polar surface area (TPSA) is 93.7 Å². The van der Waals surface area contributed by atoms with Gasteiger partial charge in [0.1, 0.15) is 12.1 Å². The molecule has 0 saturated carbocycles. The third-order valence-corrected chi connectivity index (χ3v) is 5.02. The number of halogens is 6. The minimum absolute atomic E-state index is 0.0123. The van der Waals surface area contributed by atoms with Crippen molar-refractivity contribution in [3.8, 4) is 10.7 Å². The predicted molar refractivity (Wildman–Crippen MR) is 97.5 cm³/mol. The van der Waals surface area contributed by atoms with E-state index in [-0.39, 0.29) is 28.9 Å². The average molecular weight is 473 g/mol. The van der Waals surface area contributed by atoms with E-state index in [9.17, 15) is 26.3 Å². The minimum Gasteiger partial charge on any atom is -0.329 e. The number of alkyl halides is 6. The van der Waals surface area contributed by atoms with Crippen LogP contribution in [-0.2, 0) is 18.9 Å². The molecule has 0 aliphatic rings. The van der Waals surface area contributed by atoms with Gasteiger partial charge in [-0.2, -0.15) is 36.4 Å². The Bertz CT molecular complexity index is 1210. The zero-order chi connectivity index (χ0) is 22.9. The molecule has 0 aliphatic heterocycles. The molecular formula is C17H9F6N7OS. The average Bonchev–Trinajstić information content (AvgIpc) is 3.41. The Hall–Kier alpha value is -3.62. The van der Waals surface area contributed by atoms with Gasteiger partial charge in [-0.15, -0.1) is 16.4 Å². The van der Waals surface area contributed by atoms with Crippen LogP contribution in [0.5, 0.6) is 0 Å². The minimum atomic E-state index is -4.78. The van der Waals surface area contributed by atoms with Crippen LogP contribution in [0.2, 0.25) is 0 Å². The second-order valence-corrected chi connectivity index (χ2v) is 7.31. The molecule has 8 nitrogen and oxygen atoms in total. The summed E-state index contributed by atoms with van der Waals surface area (Å²) in [7, 11) is 0. The Kier molecular flexibility index (Phi) is 5.50. The van der Waals surface area contributed by atoms with Gasteiger partial charge in [0.05, 0.1) is 23.2 Å². The highest BCUT2D eigenvalue weighted by atomic mass is 32.1. The third-order valence-electron chi connectivity index (χ3n) is 3.95. The first-order valence-electron chi connectivity index (χ1n) is 8.55. The van der Waals surface area contributed by atoms with Gasteiger partial charge in [-0.1, -0.05) is 5.16 Å². The lowest BCUT2D eigenvalue weighted by atomic mass is 10.2. The third kappa shape index (κ3) is 4.66. The summed E-state index contributed by atoms with van der Waals surface area (Å²) in [6.45, 7) is -0.0123. The van der Waals surface area contributed by atoms with Crippen LogP contribution in [0.25, 0.3) is 10.7 Å². The monoisotopic (exact) mass is 473 g/mol. The largest absolute Gasteiger partial charge is 0.471 e. The smallest absolute Gasteiger partial charge is 0.329 e. The van der Waals surface area contributed by atoms with Crippen molar-refractivity contribution in [2.45, 2.75) is 18.9 Å². The van der Waals surface area contributed by atoms with E-state index in [1.165, 1.54) is 29.6 Å². The molecule has 166 valence electrons. The fourth-order valence-electron chi connectivity index (χ4n) is 2.54. The molecule has 0 spiro atoms. The number of nitrogens with zero attached hydrogens (tertiary/aromatic N) is 7. The zero-order valence-corrected chi connectivity index (χ0v) is 16.3. The quantitative estimate of drug-likeness (QED) is 0.383. The Labute approximate surface area is 178 Å². The highest BCUT2D eigenvalue weighted by molar-refractivity contribution is 7.15. The van der Waals surface area contributed by atoms with Crippen LogP contribution >= 0.6 is 11.3 Å². The molecule has 0 atom stereocenters. The van der Waals surface area contributed by atoms with Crippen LogP contribution in [0, 0.1) is 0 Å². The van der Waals surface area contributed by atoms with Gasteiger partial charge in [0, 0.05) is 11.1 Å².